The zero-order chi connectivity index (χ0) is 22.5. The van der Waals surface area contributed by atoms with Gasteiger partial charge in [-0.2, -0.15) is 0 Å². The number of nitrogen functional groups attached to an aromatic ring is 1. The Balaban J connectivity index is 1.44. The number of nitrogens with zero attached hydrogens (tertiary/aromatic N) is 4. The van der Waals surface area contributed by atoms with Crippen molar-refractivity contribution in [3.05, 3.63) is 48.0 Å². The topological polar surface area (TPSA) is 118 Å². The second-order valence-corrected chi connectivity index (χ2v) is 8.15. The van der Waals surface area contributed by atoms with Crippen LogP contribution in [-0.4, -0.2) is 59.6 Å². The molecule has 0 radical (unpaired) electrons. The van der Waals surface area contributed by atoms with Crippen molar-refractivity contribution in [1.82, 2.24) is 25.2 Å². The molecule has 4 N–H and O–H groups in total. The number of rotatable bonds is 7. The number of carbonyl (C=O) groups is 1. The zero-order valence-corrected chi connectivity index (χ0v) is 18.5. The van der Waals surface area contributed by atoms with E-state index in [1.54, 1.807) is 19.5 Å². The number of nitrogens with two attached hydrogens (primary N) is 1. The maximum Gasteiger partial charge on any atom is 0.273 e. The number of fused-ring (bicyclic) bond motifs is 1. The van der Waals surface area contributed by atoms with Crippen molar-refractivity contribution in [2.24, 2.45) is 5.92 Å². The molecule has 0 saturated carbocycles. The van der Waals surface area contributed by atoms with Crippen molar-refractivity contribution in [2.75, 3.05) is 44.8 Å². The van der Waals surface area contributed by atoms with E-state index in [9.17, 15) is 4.79 Å². The van der Waals surface area contributed by atoms with Crippen LogP contribution in [0.1, 0.15) is 28.9 Å². The molecule has 1 fully saturated rings. The van der Waals surface area contributed by atoms with Crippen LogP contribution in [0.3, 0.4) is 0 Å². The highest BCUT2D eigenvalue weighted by Crippen LogP contribution is 2.28. The van der Waals surface area contributed by atoms with Gasteiger partial charge in [-0.25, -0.2) is 15.0 Å². The van der Waals surface area contributed by atoms with Crippen LogP contribution in [-0.2, 0) is 6.54 Å². The van der Waals surface area contributed by atoms with Crippen LogP contribution in [0.15, 0.2) is 36.8 Å². The summed E-state index contributed by atoms with van der Waals surface area (Å²) in [6.45, 7) is 3.25. The van der Waals surface area contributed by atoms with E-state index in [0.29, 0.717) is 23.3 Å². The molecule has 2 aromatic heterocycles. The van der Waals surface area contributed by atoms with Gasteiger partial charge in [0, 0.05) is 42.6 Å². The summed E-state index contributed by atoms with van der Waals surface area (Å²) < 4.78 is 5.51. The maximum atomic E-state index is 12.9. The number of pyridine rings is 1. The van der Waals surface area contributed by atoms with Crippen LogP contribution in [0, 0.1) is 5.92 Å². The molecular formula is C23H29N7O2. The Bertz CT molecular complexity index is 1100. The lowest BCUT2D eigenvalue weighted by atomic mass is 9.97. The van der Waals surface area contributed by atoms with Gasteiger partial charge < -0.3 is 26.0 Å². The Morgan fingerprint density at radius 2 is 1.97 bits per heavy atom. The number of aromatic nitrogens is 3. The number of benzene rings is 1. The predicted octanol–water partition coefficient (Wildman–Crippen LogP) is 2.30. The Morgan fingerprint density at radius 1 is 1.19 bits per heavy atom. The summed E-state index contributed by atoms with van der Waals surface area (Å²) in [5.41, 5.74) is 7.10. The lowest BCUT2D eigenvalue weighted by Gasteiger charge is -2.29. The lowest BCUT2D eigenvalue weighted by Crippen LogP contribution is -2.33. The van der Waals surface area contributed by atoms with E-state index in [1.165, 1.54) is 6.20 Å². The fourth-order valence-corrected chi connectivity index (χ4v) is 4.00. The first-order valence-electron chi connectivity index (χ1n) is 10.8. The molecule has 9 nitrogen and oxygen atoms in total. The predicted molar refractivity (Wildman–Crippen MR) is 125 cm³/mol. The molecular weight excluding hydrogens is 406 g/mol. The Hall–Kier alpha value is -3.46. The molecule has 0 atom stereocenters. The second-order valence-electron chi connectivity index (χ2n) is 8.15. The molecule has 0 bridgehead atoms. The Morgan fingerprint density at radius 3 is 2.75 bits per heavy atom. The average Bonchev–Trinajstić information content (AvgIpc) is 2.82. The van der Waals surface area contributed by atoms with E-state index >= 15 is 0 Å². The molecule has 3 aromatic rings. The third-order valence-corrected chi connectivity index (χ3v) is 5.95. The number of hydrogen-bond acceptors (Lipinski definition) is 8. The van der Waals surface area contributed by atoms with E-state index in [0.717, 1.165) is 48.8 Å². The van der Waals surface area contributed by atoms with Gasteiger partial charge in [0.25, 0.3) is 5.91 Å². The van der Waals surface area contributed by atoms with Crippen molar-refractivity contribution in [3.8, 4) is 5.75 Å². The van der Waals surface area contributed by atoms with Crippen molar-refractivity contribution in [2.45, 2.75) is 19.4 Å². The summed E-state index contributed by atoms with van der Waals surface area (Å²) in [5, 5.41) is 8.02. The number of likely N-dealkylation sites (tertiary alicyclic amines) is 1. The first kappa shape index (κ1) is 21.8. The second kappa shape index (κ2) is 9.78. The number of carbonyl (C=O) groups excluding carboxylic acids is 1. The smallest absolute Gasteiger partial charge is 0.273 e. The van der Waals surface area contributed by atoms with Crippen LogP contribution >= 0.6 is 0 Å². The van der Waals surface area contributed by atoms with Gasteiger partial charge in [-0.05, 0) is 62.5 Å². The van der Waals surface area contributed by atoms with Crippen LogP contribution in [0.25, 0.3) is 10.8 Å². The largest absolute Gasteiger partial charge is 0.496 e. The molecule has 1 aromatic carbocycles. The third kappa shape index (κ3) is 4.88. The summed E-state index contributed by atoms with van der Waals surface area (Å²) in [4.78, 5) is 28.0. The van der Waals surface area contributed by atoms with Crippen molar-refractivity contribution in [1.29, 1.82) is 0 Å². The van der Waals surface area contributed by atoms with Crippen LogP contribution in [0.4, 0.5) is 11.6 Å². The van der Waals surface area contributed by atoms with E-state index in [2.05, 4.69) is 37.5 Å². The molecule has 1 saturated heterocycles. The van der Waals surface area contributed by atoms with Gasteiger partial charge >= 0.3 is 0 Å². The summed E-state index contributed by atoms with van der Waals surface area (Å²) in [6.07, 6.45) is 7.05. The molecule has 0 aliphatic carbocycles. The number of anilines is 2. The van der Waals surface area contributed by atoms with Crippen molar-refractivity contribution in [3.63, 3.8) is 0 Å². The minimum Gasteiger partial charge on any atom is -0.496 e. The Labute approximate surface area is 187 Å². The first-order valence-corrected chi connectivity index (χ1v) is 10.8. The first-order chi connectivity index (χ1) is 15.5. The minimum absolute atomic E-state index is 0.283. The Kier molecular flexibility index (Phi) is 6.65. The van der Waals surface area contributed by atoms with Crippen LogP contribution in [0.5, 0.6) is 5.75 Å². The number of piperidine rings is 1. The van der Waals surface area contributed by atoms with Gasteiger partial charge in [0.2, 0.25) is 0 Å². The molecule has 1 amide bonds. The molecule has 1 aliphatic heterocycles. The van der Waals surface area contributed by atoms with Gasteiger partial charge in [-0.15, -0.1) is 0 Å². The molecule has 4 rings (SSSR count). The summed E-state index contributed by atoms with van der Waals surface area (Å²) in [7, 11) is 3.73. The van der Waals surface area contributed by atoms with Gasteiger partial charge in [0.1, 0.15) is 11.6 Å². The fraction of sp³-hybridized carbons (Fsp3) is 0.391. The monoisotopic (exact) mass is 435 g/mol. The number of nitrogens with one attached hydrogen (secondary N) is 2. The molecule has 0 spiro atoms. The van der Waals surface area contributed by atoms with E-state index in [4.69, 9.17) is 10.5 Å². The maximum absolute atomic E-state index is 12.9. The zero-order valence-electron chi connectivity index (χ0n) is 18.5. The fourth-order valence-electron chi connectivity index (χ4n) is 4.00. The number of ether oxygens (including phenoxy) is 1. The standard InChI is InChI=1S/C23H29N7O2/c1-30-9-4-15(5-10-30)13-28-22-20(25-7-8-27-22)23(31)29-14-17-11-16-3-6-26-21(24)18(16)12-19(17)32-2/h3,6-8,11-12,15H,4-5,9-10,13-14H2,1-2H3,(H2,24,26)(H,27,28)(H,29,31). The lowest BCUT2D eigenvalue weighted by molar-refractivity contribution is 0.0946. The number of amides is 1. The third-order valence-electron chi connectivity index (χ3n) is 5.95. The van der Waals surface area contributed by atoms with Crippen molar-refractivity contribution < 1.29 is 9.53 Å². The van der Waals surface area contributed by atoms with E-state index in [-0.39, 0.29) is 18.1 Å². The molecule has 3 heterocycles. The molecule has 0 unspecified atom stereocenters. The summed E-state index contributed by atoms with van der Waals surface area (Å²) >= 11 is 0. The van der Waals surface area contributed by atoms with E-state index in [1.807, 2.05) is 18.2 Å². The van der Waals surface area contributed by atoms with Crippen LogP contribution in [0.2, 0.25) is 0 Å². The van der Waals surface area contributed by atoms with Gasteiger partial charge in [0.05, 0.1) is 7.11 Å². The quantitative estimate of drug-likeness (QED) is 0.517. The molecule has 9 heteroatoms. The molecule has 1 aliphatic rings. The number of methoxy groups -OCH3 is 1. The highest BCUT2D eigenvalue weighted by atomic mass is 16.5. The average molecular weight is 436 g/mol. The highest BCUT2D eigenvalue weighted by molar-refractivity contribution is 5.97. The highest BCUT2D eigenvalue weighted by Gasteiger charge is 2.19. The van der Waals surface area contributed by atoms with Crippen molar-refractivity contribution >= 4 is 28.3 Å². The van der Waals surface area contributed by atoms with Gasteiger partial charge in [-0.1, -0.05) is 0 Å². The van der Waals surface area contributed by atoms with E-state index < -0.39 is 0 Å². The SMILES string of the molecule is COc1cc2c(N)nccc2cc1CNC(=O)c1nccnc1NCC1CCN(C)CC1. The molecule has 32 heavy (non-hydrogen) atoms. The summed E-state index contributed by atoms with van der Waals surface area (Å²) in [5.74, 6) is 1.86. The number of hydrogen-bond donors (Lipinski definition) is 3. The minimum atomic E-state index is -0.291. The molecule has 168 valence electrons. The normalized spacial score (nSPS) is 14.9. The summed E-state index contributed by atoms with van der Waals surface area (Å²) in [6, 6.07) is 5.67. The van der Waals surface area contributed by atoms with Gasteiger partial charge in [-0.3, -0.25) is 4.79 Å². The van der Waals surface area contributed by atoms with Gasteiger partial charge in [0.15, 0.2) is 11.5 Å². The van der Waals surface area contributed by atoms with Crippen LogP contribution < -0.4 is 21.1 Å².